The fourth-order valence-corrected chi connectivity index (χ4v) is 3.51. The number of fused-ring (bicyclic) bond motifs is 1. The van der Waals surface area contributed by atoms with Crippen molar-refractivity contribution in [1.29, 1.82) is 0 Å². The molecule has 0 unspecified atom stereocenters. The highest BCUT2D eigenvalue weighted by Crippen LogP contribution is 2.28. The Morgan fingerprint density at radius 1 is 1.48 bits per heavy atom. The van der Waals surface area contributed by atoms with Gasteiger partial charge in [0.15, 0.2) is 0 Å². The second kappa shape index (κ2) is 8.31. The van der Waals surface area contributed by atoms with E-state index >= 15 is 0 Å². The first-order valence-corrected chi connectivity index (χ1v) is 8.79. The van der Waals surface area contributed by atoms with Crippen molar-refractivity contribution in [2.45, 2.75) is 30.8 Å². The zero-order chi connectivity index (χ0) is 16.8. The standard InChI is InChI=1S/C16H24N4O2S/c1-4-8-17-14(21)11-23-15-12-6-5-7-13(12)20(16(22)18-15)10-9-19(2)3/h4H,1,5-11H2,2-3H3,(H,17,21). The maximum atomic E-state index is 12.3. The van der Waals surface area contributed by atoms with Crippen LogP contribution in [0.2, 0.25) is 0 Å². The maximum Gasteiger partial charge on any atom is 0.348 e. The Balaban J connectivity index is 2.14. The van der Waals surface area contributed by atoms with Crippen LogP contribution in [0.1, 0.15) is 17.7 Å². The average Bonchev–Trinajstić information content (AvgIpc) is 2.99. The number of amides is 1. The Bertz CT molecular complexity index is 640. The number of likely N-dealkylation sites (N-methyl/N-ethyl adjacent to an activating group) is 1. The van der Waals surface area contributed by atoms with Gasteiger partial charge < -0.3 is 10.2 Å². The molecule has 1 aliphatic rings. The molecule has 126 valence electrons. The molecule has 1 heterocycles. The van der Waals surface area contributed by atoms with Crippen LogP contribution in [-0.2, 0) is 24.2 Å². The molecular weight excluding hydrogens is 312 g/mol. The normalized spacial score (nSPS) is 13.2. The van der Waals surface area contributed by atoms with E-state index in [-0.39, 0.29) is 17.3 Å². The van der Waals surface area contributed by atoms with Crippen LogP contribution in [0, 0.1) is 0 Å². The van der Waals surface area contributed by atoms with Crippen molar-refractivity contribution in [3.63, 3.8) is 0 Å². The quantitative estimate of drug-likeness (QED) is 0.430. The van der Waals surface area contributed by atoms with Gasteiger partial charge in [0.1, 0.15) is 5.03 Å². The number of carbonyl (C=O) groups is 1. The summed E-state index contributed by atoms with van der Waals surface area (Å²) in [5.41, 5.74) is 2.03. The van der Waals surface area contributed by atoms with Crippen LogP contribution in [-0.4, -0.2) is 53.3 Å². The van der Waals surface area contributed by atoms with E-state index in [2.05, 4.69) is 21.8 Å². The van der Waals surface area contributed by atoms with E-state index in [1.54, 1.807) is 10.6 Å². The van der Waals surface area contributed by atoms with Crippen LogP contribution in [0.5, 0.6) is 0 Å². The first-order valence-electron chi connectivity index (χ1n) is 7.80. The van der Waals surface area contributed by atoms with Crippen molar-refractivity contribution >= 4 is 17.7 Å². The van der Waals surface area contributed by atoms with Gasteiger partial charge in [-0.15, -0.1) is 6.58 Å². The zero-order valence-corrected chi connectivity index (χ0v) is 14.6. The predicted molar refractivity (Wildman–Crippen MR) is 93.0 cm³/mol. The van der Waals surface area contributed by atoms with Gasteiger partial charge in [0.25, 0.3) is 0 Å². The fraction of sp³-hybridized carbons (Fsp3) is 0.562. The van der Waals surface area contributed by atoms with Gasteiger partial charge in [-0.1, -0.05) is 17.8 Å². The monoisotopic (exact) mass is 336 g/mol. The largest absolute Gasteiger partial charge is 0.352 e. The number of nitrogens with zero attached hydrogens (tertiary/aromatic N) is 3. The van der Waals surface area contributed by atoms with Crippen LogP contribution in [0.25, 0.3) is 0 Å². The lowest BCUT2D eigenvalue weighted by Crippen LogP contribution is -2.31. The SMILES string of the molecule is C=CCNC(=O)CSc1nc(=O)n(CCN(C)C)c2c1CCC2. The number of nitrogens with one attached hydrogen (secondary N) is 1. The molecule has 0 aromatic carbocycles. The first kappa shape index (κ1) is 17.7. The molecule has 0 saturated carbocycles. The van der Waals surface area contributed by atoms with E-state index in [0.29, 0.717) is 13.1 Å². The topological polar surface area (TPSA) is 67.2 Å². The van der Waals surface area contributed by atoms with Crippen LogP contribution in [0.15, 0.2) is 22.5 Å². The van der Waals surface area contributed by atoms with Crippen molar-refractivity contribution in [3.05, 3.63) is 34.4 Å². The van der Waals surface area contributed by atoms with Gasteiger partial charge in [0.2, 0.25) is 5.91 Å². The summed E-state index contributed by atoms with van der Waals surface area (Å²) in [5.74, 6) is 0.203. The lowest BCUT2D eigenvalue weighted by Gasteiger charge is -2.16. The minimum Gasteiger partial charge on any atom is -0.352 e. The van der Waals surface area contributed by atoms with Crippen LogP contribution >= 0.6 is 11.8 Å². The van der Waals surface area contributed by atoms with E-state index in [1.165, 1.54) is 11.8 Å². The molecule has 0 fully saturated rings. The van der Waals surface area contributed by atoms with Crippen molar-refractivity contribution < 1.29 is 4.79 Å². The Kier molecular flexibility index (Phi) is 6.41. The summed E-state index contributed by atoms with van der Waals surface area (Å²) >= 11 is 1.35. The minimum absolute atomic E-state index is 0.0692. The van der Waals surface area contributed by atoms with Gasteiger partial charge in [-0.3, -0.25) is 9.36 Å². The summed E-state index contributed by atoms with van der Waals surface area (Å²) in [6, 6.07) is 0. The van der Waals surface area contributed by atoms with E-state index < -0.39 is 0 Å². The van der Waals surface area contributed by atoms with E-state index in [4.69, 9.17) is 0 Å². The molecule has 0 aliphatic heterocycles. The molecule has 1 aliphatic carbocycles. The molecule has 1 amide bonds. The van der Waals surface area contributed by atoms with Crippen LogP contribution in [0.3, 0.4) is 0 Å². The number of rotatable bonds is 8. The molecule has 0 saturated heterocycles. The number of aromatic nitrogens is 2. The number of carbonyl (C=O) groups excluding carboxylic acids is 1. The molecule has 1 aromatic heterocycles. The third kappa shape index (κ3) is 4.68. The molecule has 1 N–H and O–H groups in total. The summed E-state index contributed by atoms with van der Waals surface area (Å²) in [6.45, 7) is 5.49. The van der Waals surface area contributed by atoms with Gasteiger partial charge in [0, 0.05) is 30.9 Å². The maximum absolute atomic E-state index is 12.3. The Labute approximate surface area is 141 Å². The van der Waals surface area contributed by atoms with Crippen molar-refractivity contribution in [2.24, 2.45) is 0 Å². The highest BCUT2D eigenvalue weighted by molar-refractivity contribution is 7.99. The average molecular weight is 336 g/mol. The number of hydrogen-bond donors (Lipinski definition) is 1. The highest BCUT2D eigenvalue weighted by atomic mass is 32.2. The lowest BCUT2D eigenvalue weighted by atomic mass is 10.2. The Hall–Kier alpha value is -1.60. The van der Waals surface area contributed by atoms with Gasteiger partial charge in [-0.25, -0.2) is 4.79 Å². The van der Waals surface area contributed by atoms with E-state index in [9.17, 15) is 9.59 Å². The van der Waals surface area contributed by atoms with Gasteiger partial charge in [-0.05, 0) is 33.4 Å². The predicted octanol–water partition coefficient (Wildman–Crippen LogP) is 0.688. The second-order valence-electron chi connectivity index (χ2n) is 5.81. The molecule has 6 nitrogen and oxygen atoms in total. The molecule has 0 radical (unpaired) electrons. The molecule has 0 atom stereocenters. The van der Waals surface area contributed by atoms with Crippen molar-refractivity contribution in [1.82, 2.24) is 19.8 Å². The molecule has 1 aromatic rings. The molecular formula is C16H24N4O2S. The third-order valence-corrected chi connectivity index (χ3v) is 4.77. The molecule has 23 heavy (non-hydrogen) atoms. The van der Waals surface area contributed by atoms with E-state index in [0.717, 1.165) is 42.1 Å². The third-order valence-electron chi connectivity index (χ3n) is 3.76. The summed E-state index contributed by atoms with van der Waals surface area (Å²) in [7, 11) is 3.98. The van der Waals surface area contributed by atoms with Crippen LogP contribution < -0.4 is 11.0 Å². The van der Waals surface area contributed by atoms with Crippen LogP contribution in [0.4, 0.5) is 0 Å². The van der Waals surface area contributed by atoms with Gasteiger partial charge in [0.05, 0.1) is 5.75 Å². The second-order valence-corrected chi connectivity index (χ2v) is 6.78. The molecule has 0 bridgehead atoms. The molecule has 7 heteroatoms. The number of thioether (sulfide) groups is 1. The number of hydrogen-bond acceptors (Lipinski definition) is 5. The van der Waals surface area contributed by atoms with E-state index in [1.807, 2.05) is 14.1 Å². The summed E-state index contributed by atoms with van der Waals surface area (Å²) < 4.78 is 1.80. The summed E-state index contributed by atoms with van der Waals surface area (Å²) in [5, 5.41) is 3.45. The zero-order valence-electron chi connectivity index (χ0n) is 13.8. The van der Waals surface area contributed by atoms with Gasteiger partial charge >= 0.3 is 5.69 Å². The summed E-state index contributed by atoms with van der Waals surface area (Å²) in [4.78, 5) is 30.3. The van der Waals surface area contributed by atoms with Crippen molar-refractivity contribution in [3.8, 4) is 0 Å². The minimum atomic E-state index is -0.207. The molecule has 0 spiro atoms. The lowest BCUT2D eigenvalue weighted by molar-refractivity contribution is -0.118. The smallest absolute Gasteiger partial charge is 0.348 e. The highest BCUT2D eigenvalue weighted by Gasteiger charge is 2.22. The van der Waals surface area contributed by atoms with Crippen molar-refractivity contribution in [2.75, 3.05) is 32.9 Å². The first-order chi connectivity index (χ1) is 11.0. The van der Waals surface area contributed by atoms with Gasteiger partial charge in [-0.2, -0.15) is 4.98 Å². The molecule has 2 rings (SSSR count). The fourth-order valence-electron chi connectivity index (χ4n) is 2.61. The summed E-state index contributed by atoms with van der Waals surface area (Å²) in [6.07, 6.45) is 4.53. The Morgan fingerprint density at radius 2 is 2.26 bits per heavy atom. The Morgan fingerprint density at radius 3 is 2.96 bits per heavy atom.